The molecule has 1 amide bonds. The van der Waals surface area contributed by atoms with Gasteiger partial charge < -0.3 is 10.6 Å². The Kier molecular flexibility index (Phi) is 3.66. The third kappa shape index (κ3) is 2.64. The van der Waals surface area contributed by atoms with Crippen LogP contribution in [0, 0.1) is 5.92 Å². The van der Waals surface area contributed by atoms with Gasteiger partial charge in [0.05, 0.1) is 0 Å². The van der Waals surface area contributed by atoms with E-state index in [1.807, 2.05) is 0 Å². The molecule has 1 heterocycles. The lowest BCUT2D eigenvalue weighted by Crippen LogP contribution is -2.64. The Morgan fingerprint density at radius 3 is 2.76 bits per heavy atom. The quantitative estimate of drug-likeness (QED) is 0.837. The molecule has 3 rings (SSSR count). The molecule has 0 spiro atoms. The standard InChI is InChI=1S/C17H25N3O/c1-12(2)19-17(16(18)21,14-7-8-14)11-20-10-9-13-5-3-4-6-15(13)20/h3-6,12,14,19H,7-11H2,1-2H3,(H2,18,21). The summed E-state index contributed by atoms with van der Waals surface area (Å²) in [5.41, 5.74) is 7.87. The molecule has 1 unspecified atom stereocenters. The molecule has 1 aliphatic carbocycles. The van der Waals surface area contributed by atoms with Crippen LogP contribution in [0.1, 0.15) is 32.3 Å². The number of nitrogens with two attached hydrogens (primary N) is 1. The molecule has 1 atom stereocenters. The van der Waals surface area contributed by atoms with Crippen molar-refractivity contribution in [3.8, 4) is 0 Å². The maximum absolute atomic E-state index is 12.3. The smallest absolute Gasteiger partial charge is 0.239 e. The van der Waals surface area contributed by atoms with E-state index >= 15 is 0 Å². The molecule has 1 saturated carbocycles. The number of carbonyl (C=O) groups is 1. The van der Waals surface area contributed by atoms with Crippen molar-refractivity contribution in [2.45, 2.75) is 44.7 Å². The minimum absolute atomic E-state index is 0.205. The SMILES string of the molecule is CC(C)NC(CN1CCc2ccccc21)(C(N)=O)C1CC1. The fourth-order valence-electron chi connectivity index (χ4n) is 3.61. The summed E-state index contributed by atoms with van der Waals surface area (Å²) < 4.78 is 0. The molecule has 0 aromatic heterocycles. The summed E-state index contributed by atoms with van der Waals surface area (Å²) in [6.07, 6.45) is 3.24. The minimum atomic E-state index is -0.592. The first-order valence-corrected chi connectivity index (χ1v) is 7.93. The van der Waals surface area contributed by atoms with Gasteiger partial charge in [-0.3, -0.25) is 10.1 Å². The zero-order chi connectivity index (χ0) is 15.0. The number of rotatable bonds is 6. The summed E-state index contributed by atoms with van der Waals surface area (Å²) in [6, 6.07) is 8.72. The highest BCUT2D eigenvalue weighted by atomic mass is 16.1. The summed E-state index contributed by atoms with van der Waals surface area (Å²) in [5, 5.41) is 3.50. The normalized spacial score (nSPS) is 20.4. The number of nitrogens with one attached hydrogen (secondary N) is 1. The molecule has 0 saturated heterocycles. The number of carbonyl (C=O) groups excluding carboxylic acids is 1. The molecule has 114 valence electrons. The summed E-state index contributed by atoms with van der Waals surface area (Å²) in [4.78, 5) is 14.6. The average molecular weight is 287 g/mol. The zero-order valence-electron chi connectivity index (χ0n) is 12.9. The number of para-hydroxylation sites is 1. The first kappa shape index (κ1) is 14.4. The molecular formula is C17H25N3O. The molecule has 21 heavy (non-hydrogen) atoms. The fourth-order valence-corrected chi connectivity index (χ4v) is 3.61. The third-order valence-corrected chi connectivity index (χ3v) is 4.68. The van der Waals surface area contributed by atoms with E-state index in [1.165, 1.54) is 11.3 Å². The van der Waals surface area contributed by atoms with Crippen LogP contribution in [0.15, 0.2) is 24.3 Å². The number of hydrogen-bond donors (Lipinski definition) is 2. The van der Waals surface area contributed by atoms with Crippen LogP contribution in [0.2, 0.25) is 0 Å². The molecule has 3 N–H and O–H groups in total. The Labute approximate surface area is 126 Å². The van der Waals surface area contributed by atoms with Crippen molar-refractivity contribution in [2.75, 3.05) is 18.0 Å². The van der Waals surface area contributed by atoms with E-state index in [1.54, 1.807) is 0 Å². The highest BCUT2D eigenvalue weighted by molar-refractivity contribution is 5.86. The second-order valence-corrected chi connectivity index (χ2v) is 6.71. The van der Waals surface area contributed by atoms with E-state index < -0.39 is 5.54 Å². The zero-order valence-corrected chi connectivity index (χ0v) is 12.9. The van der Waals surface area contributed by atoms with Crippen molar-refractivity contribution in [1.29, 1.82) is 0 Å². The molecule has 1 aliphatic heterocycles. The van der Waals surface area contributed by atoms with Crippen molar-refractivity contribution < 1.29 is 4.79 Å². The van der Waals surface area contributed by atoms with Gasteiger partial charge in [0.2, 0.25) is 5.91 Å². The molecule has 0 bridgehead atoms. The first-order chi connectivity index (χ1) is 10.0. The van der Waals surface area contributed by atoms with Crippen LogP contribution in [-0.2, 0) is 11.2 Å². The number of primary amides is 1. The Morgan fingerprint density at radius 2 is 2.14 bits per heavy atom. The molecule has 1 fully saturated rings. The Bertz CT molecular complexity index is 539. The van der Waals surface area contributed by atoms with Gasteiger partial charge in [0.15, 0.2) is 0 Å². The second-order valence-electron chi connectivity index (χ2n) is 6.71. The van der Waals surface area contributed by atoms with Crippen molar-refractivity contribution in [2.24, 2.45) is 11.7 Å². The summed E-state index contributed by atoms with van der Waals surface area (Å²) in [7, 11) is 0. The number of benzene rings is 1. The Balaban J connectivity index is 1.87. The lowest BCUT2D eigenvalue weighted by molar-refractivity contribution is -0.125. The molecule has 2 aliphatic rings. The number of nitrogens with zero attached hydrogens (tertiary/aromatic N) is 1. The van der Waals surface area contributed by atoms with E-state index in [0.29, 0.717) is 12.5 Å². The van der Waals surface area contributed by atoms with Gasteiger partial charge in [0.25, 0.3) is 0 Å². The van der Waals surface area contributed by atoms with Crippen molar-refractivity contribution in [3.63, 3.8) is 0 Å². The van der Waals surface area contributed by atoms with Crippen LogP contribution in [0.4, 0.5) is 5.69 Å². The predicted octanol–water partition coefficient (Wildman–Crippen LogP) is 1.68. The number of hydrogen-bond acceptors (Lipinski definition) is 3. The van der Waals surface area contributed by atoms with Gasteiger partial charge in [-0.25, -0.2) is 0 Å². The van der Waals surface area contributed by atoms with Gasteiger partial charge in [-0.05, 0) is 50.7 Å². The highest BCUT2D eigenvalue weighted by Gasteiger charge is 2.51. The van der Waals surface area contributed by atoms with E-state index in [-0.39, 0.29) is 11.9 Å². The summed E-state index contributed by atoms with van der Waals surface area (Å²) in [5.74, 6) is 0.174. The Morgan fingerprint density at radius 1 is 1.43 bits per heavy atom. The monoisotopic (exact) mass is 287 g/mol. The largest absolute Gasteiger partial charge is 0.369 e. The van der Waals surface area contributed by atoms with Crippen molar-refractivity contribution >= 4 is 11.6 Å². The highest BCUT2D eigenvalue weighted by Crippen LogP contribution is 2.42. The average Bonchev–Trinajstić information content (AvgIpc) is 3.21. The Hall–Kier alpha value is -1.55. The van der Waals surface area contributed by atoms with Crippen LogP contribution in [0.3, 0.4) is 0 Å². The van der Waals surface area contributed by atoms with Crippen LogP contribution >= 0.6 is 0 Å². The molecule has 1 aromatic rings. The maximum Gasteiger partial charge on any atom is 0.239 e. The minimum Gasteiger partial charge on any atom is -0.369 e. The van der Waals surface area contributed by atoms with Crippen molar-refractivity contribution in [3.05, 3.63) is 29.8 Å². The van der Waals surface area contributed by atoms with Gasteiger partial charge >= 0.3 is 0 Å². The summed E-state index contributed by atoms with van der Waals surface area (Å²) >= 11 is 0. The van der Waals surface area contributed by atoms with Crippen LogP contribution in [0.25, 0.3) is 0 Å². The lowest BCUT2D eigenvalue weighted by atomic mass is 9.90. The predicted molar refractivity (Wildman–Crippen MR) is 85.3 cm³/mol. The maximum atomic E-state index is 12.3. The molecule has 4 heteroatoms. The lowest BCUT2D eigenvalue weighted by Gasteiger charge is -2.38. The van der Waals surface area contributed by atoms with E-state index in [4.69, 9.17) is 5.73 Å². The van der Waals surface area contributed by atoms with E-state index in [0.717, 1.165) is 25.8 Å². The van der Waals surface area contributed by atoms with Gasteiger partial charge in [-0.15, -0.1) is 0 Å². The molecule has 0 radical (unpaired) electrons. The summed E-state index contributed by atoms with van der Waals surface area (Å²) in [6.45, 7) is 5.82. The van der Waals surface area contributed by atoms with Crippen LogP contribution in [0.5, 0.6) is 0 Å². The second kappa shape index (κ2) is 5.34. The van der Waals surface area contributed by atoms with Crippen LogP contribution in [-0.4, -0.2) is 30.6 Å². The molecule has 1 aromatic carbocycles. The molecule has 4 nitrogen and oxygen atoms in total. The fraction of sp³-hybridized carbons (Fsp3) is 0.588. The topological polar surface area (TPSA) is 58.4 Å². The first-order valence-electron chi connectivity index (χ1n) is 7.93. The number of amides is 1. The van der Waals surface area contributed by atoms with Crippen molar-refractivity contribution in [1.82, 2.24) is 5.32 Å². The van der Waals surface area contributed by atoms with Gasteiger partial charge in [0, 0.05) is 24.8 Å². The van der Waals surface area contributed by atoms with Gasteiger partial charge in [-0.2, -0.15) is 0 Å². The third-order valence-electron chi connectivity index (χ3n) is 4.68. The van der Waals surface area contributed by atoms with Gasteiger partial charge in [-0.1, -0.05) is 18.2 Å². The van der Waals surface area contributed by atoms with Crippen LogP contribution < -0.4 is 16.0 Å². The van der Waals surface area contributed by atoms with Gasteiger partial charge in [0.1, 0.15) is 5.54 Å². The van der Waals surface area contributed by atoms with E-state index in [2.05, 4.69) is 48.3 Å². The number of anilines is 1. The molecular weight excluding hydrogens is 262 g/mol. The van der Waals surface area contributed by atoms with E-state index in [9.17, 15) is 4.79 Å². The number of fused-ring (bicyclic) bond motifs is 1.